The Hall–Kier alpha value is -3.01. The first-order valence-electron chi connectivity index (χ1n) is 8.06. The van der Waals surface area contributed by atoms with Crippen molar-refractivity contribution in [1.82, 2.24) is 14.8 Å². The van der Waals surface area contributed by atoms with Crippen LogP contribution >= 0.6 is 11.8 Å². The van der Waals surface area contributed by atoms with Gasteiger partial charge in [0, 0.05) is 18.4 Å². The van der Waals surface area contributed by atoms with Gasteiger partial charge in [-0.3, -0.25) is 9.36 Å². The van der Waals surface area contributed by atoms with E-state index in [-0.39, 0.29) is 11.7 Å². The van der Waals surface area contributed by atoms with Gasteiger partial charge in [0.1, 0.15) is 12.1 Å². The summed E-state index contributed by atoms with van der Waals surface area (Å²) >= 11 is 1.38. The minimum Gasteiger partial charge on any atom is -0.406 e. The second-order valence-corrected chi connectivity index (χ2v) is 6.64. The van der Waals surface area contributed by atoms with Gasteiger partial charge in [-0.1, -0.05) is 30.0 Å². The van der Waals surface area contributed by atoms with E-state index in [2.05, 4.69) is 20.3 Å². The van der Waals surface area contributed by atoms with Crippen LogP contribution in [0, 0.1) is 0 Å². The van der Waals surface area contributed by atoms with Crippen molar-refractivity contribution in [2.75, 3.05) is 5.32 Å². The molecule has 3 rings (SSSR count). The first-order chi connectivity index (χ1) is 13.3. The highest BCUT2D eigenvalue weighted by atomic mass is 32.2. The lowest BCUT2D eigenvalue weighted by molar-refractivity contribution is -0.274. The zero-order chi connectivity index (χ0) is 20.1. The number of nitrogens with one attached hydrogen (secondary N) is 1. The van der Waals surface area contributed by atoms with Crippen LogP contribution in [0.2, 0.25) is 0 Å². The molecule has 10 heteroatoms. The molecule has 0 atom stereocenters. The van der Waals surface area contributed by atoms with Crippen LogP contribution in [0.3, 0.4) is 0 Å². The molecule has 1 amide bonds. The number of amides is 1. The molecule has 28 heavy (non-hydrogen) atoms. The zero-order valence-electron chi connectivity index (χ0n) is 14.6. The fourth-order valence-electron chi connectivity index (χ4n) is 2.37. The molecule has 0 radical (unpaired) electrons. The summed E-state index contributed by atoms with van der Waals surface area (Å²) in [6, 6.07) is 12.9. The fraction of sp³-hybridized carbons (Fsp3) is 0.167. The number of hydrogen-bond acceptors (Lipinski definition) is 5. The lowest BCUT2D eigenvalue weighted by atomic mass is 10.2. The van der Waals surface area contributed by atoms with Gasteiger partial charge in [0.2, 0.25) is 5.91 Å². The molecule has 0 aliphatic heterocycles. The van der Waals surface area contributed by atoms with E-state index in [1.54, 1.807) is 41.2 Å². The molecule has 1 aromatic heterocycles. The molecule has 2 aromatic carbocycles. The summed E-state index contributed by atoms with van der Waals surface area (Å²) in [7, 11) is 0. The van der Waals surface area contributed by atoms with Crippen LogP contribution in [0.5, 0.6) is 5.75 Å². The molecule has 1 heterocycles. The molecule has 0 bridgehead atoms. The molecular weight excluding hydrogens is 393 g/mol. The number of benzene rings is 2. The number of ether oxygens (including phenoxy) is 1. The van der Waals surface area contributed by atoms with Gasteiger partial charge in [-0.15, -0.1) is 23.4 Å². The average molecular weight is 408 g/mol. The van der Waals surface area contributed by atoms with Crippen molar-refractivity contribution in [2.45, 2.75) is 24.2 Å². The predicted molar refractivity (Wildman–Crippen MR) is 98.3 cm³/mol. The van der Waals surface area contributed by atoms with Gasteiger partial charge >= 0.3 is 6.36 Å². The highest BCUT2D eigenvalue weighted by molar-refractivity contribution is 7.98. The maximum Gasteiger partial charge on any atom is 0.573 e. The van der Waals surface area contributed by atoms with Crippen molar-refractivity contribution < 1.29 is 22.7 Å². The highest BCUT2D eigenvalue weighted by Crippen LogP contribution is 2.27. The third-order valence-corrected chi connectivity index (χ3v) is 4.50. The number of carbonyl (C=O) groups is 1. The van der Waals surface area contributed by atoms with E-state index >= 15 is 0 Å². The van der Waals surface area contributed by atoms with Gasteiger partial charge in [-0.25, -0.2) is 0 Å². The largest absolute Gasteiger partial charge is 0.573 e. The predicted octanol–water partition coefficient (Wildman–Crippen LogP) is 4.42. The average Bonchev–Trinajstić information content (AvgIpc) is 3.08. The number of halogens is 3. The Morgan fingerprint density at radius 1 is 1.21 bits per heavy atom. The summed E-state index contributed by atoms with van der Waals surface area (Å²) in [6.45, 7) is 1.43. The molecule has 0 unspecified atom stereocenters. The minimum atomic E-state index is -4.71. The number of carbonyl (C=O) groups excluding carboxylic acids is 1. The van der Waals surface area contributed by atoms with Gasteiger partial charge in [0.15, 0.2) is 5.16 Å². The summed E-state index contributed by atoms with van der Waals surface area (Å²) in [5.41, 5.74) is 2.23. The topological polar surface area (TPSA) is 69.0 Å². The van der Waals surface area contributed by atoms with Crippen molar-refractivity contribution in [3.05, 3.63) is 60.4 Å². The second-order valence-electron chi connectivity index (χ2n) is 5.70. The summed E-state index contributed by atoms with van der Waals surface area (Å²) in [5, 5.41) is 11.3. The van der Waals surface area contributed by atoms with Crippen molar-refractivity contribution in [3.8, 4) is 11.4 Å². The van der Waals surface area contributed by atoms with Crippen molar-refractivity contribution in [3.63, 3.8) is 0 Å². The number of hydrogen-bond donors (Lipinski definition) is 1. The summed E-state index contributed by atoms with van der Waals surface area (Å²) in [5.74, 6) is 0.0452. The van der Waals surface area contributed by atoms with E-state index in [4.69, 9.17) is 0 Å². The maximum atomic E-state index is 12.2. The molecule has 6 nitrogen and oxygen atoms in total. The third kappa shape index (κ3) is 5.49. The van der Waals surface area contributed by atoms with E-state index in [0.29, 0.717) is 16.6 Å². The molecule has 3 aromatic rings. The molecule has 0 fully saturated rings. The molecular formula is C18H15F3N4O2S. The molecule has 0 saturated heterocycles. The van der Waals surface area contributed by atoms with Crippen molar-refractivity contribution >= 4 is 23.4 Å². The Bertz CT molecular complexity index is 958. The molecule has 0 aliphatic rings. The smallest absolute Gasteiger partial charge is 0.406 e. The molecule has 146 valence electrons. The van der Waals surface area contributed by atoms with Crippen LogP contribution in [0.1, 0.15) is 12.5 Å². The SMILES string of the molecule is CC(=O)Nc1cccc(-n2cnnc2SCc2ccc(OC(F)(F)F)cc2)c1. The van der Waals surface area contributed by atoms with Crippen LogP contribution in [0.4, 0.5) is 18.9 Å². The van der Waals surface area contributed by atoms with E-state index < -0.39 is 6.36 Å². The Kier molecular flexibility index (Phi) is 5.88. The summed E-state index contributed by atoms with van der Waals surface area (Å²) < 4.78 is 42.3. The van der Waals surface area contributed by atoms with Crippen LogP contribution in [0.25, 0.3) is 5.69 Å². The Labute approximate surface area is 162 Å². The molecule has 1 N–H and O–H groups in total. The summed E-state index contributed by atoms with van der Waals surface area (Å²) in [6.07, 6.45) is -3.16. The Morgan fingerprint density at radius 2 is 1.96 bits per heavy atom. The highest BCUT2D eigenvalue weighted by Gasteiger charge is 2.30. The molecule has 0 aliphatic carbocycles. The lowest BCUT2D eigenvalue weighted by Gasteiger charge is -2.10. The summed E-state index contributed by atoms with van der Waals surface area (Å²) in [4.78, 5) is 11.2. The fourth-order valence-corrected chi connectivity index (χ4v) is 3.26. The standard InChI is InChI=1S/C18H15F3N4O2S/c1-12(26)23-14-3-2-4-15(9-14)25-11-22-24-17(25)28-10-13-5-7-16(8-6-13)27-18(19,20)21/h2-9,11H,10H2,1H3,(H,23,26). The van der Waals surface area contributed by atoms with Gasteiger partial charge in [0.25, 0.3) is 0 Å². The van der Waals surface area contributed by atoms with Crippen LogP contribution in [0.15, 0.2) is 60.0 Å². The minimum absolute atomic E-state index is 0.173. The number of aromatic nitrogens is 3. The monoisotopic (exact) mass is 408 g/mol. The first-order valence-corrected chi connectivity index (χ1v) is 9.04. The number of anilines is 1. The number of nitrogens with zero attached hydrogens (tertiary/aromatic N) is 3. The Morgan fingerprint density at radius 3 is 2.64 bits per heavy atom. The van der Waals surface area contributed by atoms with Gasteiger partial charge in [0.05, 0.1) is 5.69 Å². The zero-order valence-corrected chi connectivity index (χ0v) is 15.4. The van der Waals surface area contributed by atoms with E-state index in [0.717, 1.165) is 11.3 Å². The Balaban J connectivity index is 1.69. The number of alkyl halides is 3. The normalized spacial score (nSPS) is 11.3. The van der Waals surface area contributed by atoms with Crippen LogP contribution in [-0.2, 0) is 10.5 Å². The quantitative estimate of drug-likeness (QED) is 0.612. The maximum absolute atomic E-state index is 12.2. The van der Waals surface area contributed by atoms with E-state index in [1.807, 2.05) is 6.07 Å². The van der Waals surface area contributed by atoms with E-state index in [1.165, 1.54) is 30.8 Å². The second kappa shape index (κ2) is 8.34. The van der Waals surface area contributed by atoms with Crippen LogP contribution in [-0.4, -0.2) is 27.0 Å². The van der Waals surface area contributed by atoms with Crippen molar-refractivity contribution in [2.24, 2.45) is 0 Å². The van der Waals surface area contributed by atoms with Gasteiger partial charge in [-0.2, -0.15) is 0 Å². The molecule has 0 saturated carbocycles. The van der Waals surface area contributed by atoms with Gasteiger partial charge in [-0.05, 0) is 35.9 Å². The van der Waals surface area contributed by atoms with Gasteiger partial charge < -0.3 is 10.1 Å². The van der Waals surface area contributed by atoms with E-state index in [9.17, 15) is 18.0 Å². The number of rotatable bonds is 6. The third-order valence-electron chi connectivity index (χ3n) is 3.49. The first kappa shape index (κ1) is 19.7. The van der Waals surface area contributed by atoms with Crippen LogP contribution < -0.4 is 10.1 Å². The lowest BCUT2D eigenvalue weighted by Crippen LogP contribution is -2.16. The van der Waals surface area contributed by atoms with Crippen molar-refractivity contribution in [1.29, 1.82) is 0 Å². The molecule has 0 spiro atoms. The number of thioether (sulfide) groups is 1.